The highest BCUT2D eigenvalue weighted by molar-refractivity contribution is 8.01. The van der Waals surface area contributed by atoms with Crippen molar-refractivity contribution in [1.82, 2.24) is 10.2 Å². The normalized spacial score (nSPS) is 12.4. The molecule has 0 saturated heterocycles. The van der Waals surface area contributed by atoms with Gasteiger partial charge in [-0.1, -0.05) is 47.7 Å². The van der Waals surface area contributed by atoms with E-state index in [2.05, 4.69) is 10.2 Å². The van der Waals surface area contributed by atoms with Crippen LogP contribution in [0, 0.1) is 0 Å². The van der Waals surface area contributed by atoms with E-state index >= 15 is 0 Å². The molecule has 2 aromatic carbocycles. The van der Waals surface area contributed by atoms with Gasteiger partial charge in [-0.05, 0) is 41.4 Å². The van der Waals surface area contributed by atoms with E-state index in [0.717, 1.165) is 22.5 Å². The number of nitrogens with zero attached hydrogens (tertiary/aromatic N) is 3. The van der Waals surface area contributed by atoms with Crippen molar-refractivity contribution in [3.05, 3.63) is 59.7 Å². The van der Waals surface area contributed by atoms with Crippen molar-refractivity contribution in [2.24, 2.45) is 0 Å². The highest BCUT2D eigenvalue weighted by atomic mass is 32.2. The lowest BCUT2D eigenvalue weighted by molar-refractivity contribution is -0.118. The van der Waals surface area contributed by atoms with Crippen LogP contribution in [0.15, 0.2) is 52.9 Å². The van der Waals surface area contributed by atoms with Gasteiger partial charge in [0.2, 0.25) is 17.8 Å². The number of anilines is 1. The number of rotatable bonds is 8. The van der Waals surface area contributed by atoms with Crippen molar-refractivity contribution < 1.29 is 23.0 Å². The molecule has 10 heteroatoms. The maximum absolute atomic E-state index is 13.0. The Labute approximate surface area is 179 Å². The number of aromatic nitrogens is 2. The monoisotopic (exact) mass is 449 g/mol. The molecule has 156 valence electrons. The quantitative estimate of drug-likeness (QED) is 0.365. The molecular weight excluding hydrogens is 432 g/mol. The van der Waals surface area contributed by atoms with Crippen molar-refractivity contribution in [3.63, 3.8) is 0 Å². The second-order valence-corrected chi connectivity index (χ2v) is 8.58. The molecule has 3 aromatic rings. The van der Waals surface area contributed by atoms with Gasteiger partial charge in [-0.3, -0.25) is 9.69 Å². The van der Waals surface area contributed by atoms with Gasteiger partial charge in [-0.25, -0.2) is 0 Å². The molecule has 0 atom stereocenters. The van der Waals surface area contributed by atoms with E-state index in [-0.39, 0.29) is 30.0 Å². The number of hydrogen-bond donors (Lipinski definition) is 0. The average molecular weight is 450 g/mol. The van der Waals surface area contributed by atoms with E-state index in [1.165, 1.54) is 4.90 Å². The summed E-state index contributed by atoms with van der Waals surface area (Å²) < 4.78 is 36.1. The molecule has 0 fully saturated rings. The molecule has 0 radical (unpaired) electrons. The fraction of sp³-hybridized carbons (Fsp3) is 0.250. The summed E-state index contributed by atoms with van der Waals surface area (Å²) in [5, 5.41) is 8.06. The van der Waals surface area contributed by atoms with Gasteiger partial charge in [0.25, 0.3) is 5.76 Å². The van der Waals surface area contributed by atoms with Gasteiger partial charge >= 0.3 is 0 Å². The van der Waals surface area contributed by atoms with Crippen molar-refractivity contribution in [2.45, 2.75) is 29.5 Å². The minimum absolute atomic E-state index is 0.127. The van der Waals surface area contributed by atoms with Crippen LogP contribution in [0.25, 0.3) is 0 Å². The van der Waals surface area contributed by atoms with Gasteiger partial charge in [-0.2, -0.15) is 8.78 Å². The summed E-state index contributed by atoms with van der Waals surface area (Å²) in [6.45, 7) is 0.480. The van der Waals surface area contributed by atoms with Crippen LogP contribution >= 0.6 is 23.1 Å². The molecule has 1 aromatic heterocycles. The lowest BCUT2D eigenvalue weighted by Gasteiger charge is -2.19. The number of hydrogen-bond acceptors (Lipinski definition) is 7. The largest absolute Gasteiger partial charge is 0.454 e. The molecule has 1 amide bonds. The van der Waals surface area contributed by atoms with Crippen LogP contribution in [0.1, 0.15) is 17.5 Å². The van der Waals surface area contributed by atoms with Gasteiger partial charge in [0.05, 0.1) is 6.54 Å². The first kappa shape index (κ1) is 20.5. The highest BCUT2D eigenvalue weighted by Gasteiger charge is 2.22. The number of alkyl halides is 2. The lowest BCUT2D eigenvalue weighted by Crippen LogP contribution is -2.30. The Morgan fingerprint density at radius 1 is 1.10 bits per heavy atom. The van der Waals surface area contributed by atoms with Gasteiger partial charge in [0.15, 0.2) is 15.8 Å². The number of amides is 1. The summed E-state index contributed by atoms with van der Waals surface area (Å²) in [6, 6.07) is 15.0. The Kier molecular flexibility index (Phi) is 6.44. The van der Waals surface area contributed by atoms with Crippen molar-refractivity contribution in [1.29, 1.82) is 0 Å². The third-order valence-electron chi connectivity index (χ3n) is 4.37. The molecule has 1 aliphatic heterocycles. The fourth-order valence-corrected chi connectivity index (χ4v) is 4.42. The van der Waals surface area contributed by atoms with Crippen LogP contribution in [-0.4, -0.2) is 28.7 Å². The summed E-state index contributed by atoms with van der Waals surface area (Å²) in [7, 11) is 0. The summed E-state index contributed by atoms with van der Waals surface area (Å²) in [5.41, 5.74) is 1.85. The summed E-state index contributed by atoms with van der Waals surface area (Å²) >= 11 is 1.31. The molecule has 6 nitrogen and oxygen atoms in total. The van der Waals surface area contributed by atoms with Gasteiger partial charge in [0, 0.05) is 6.42 Å². The maximum Gasteiger partial charge on any atom is 0.291 e. The molecule has 4 rings (SSSR count). The fourth-order valence-electron chi connectivity index (χ4n) is 2.95. The van der Waals surface area contributed by atoms with Crippen molar-refractivity contribution in [3.8, 4) is 11.5 Å². The standard InChI is InChI=1S/C20H17F2N3O3S2/c21-18(22)29-20-24-23-19(30-20)25(11-14-4-2-1-3-5-14)17(26)9-7-13-6-8-15-16(10-13)28-12-27-15/h1-6,8,10,18H,7,9,11-12H2. The third kappa shape index (κ3) is 5.06. The topological polar surface area (TPSA) is 64.6 Å². The zero-order valence-corrected chi connectivity index (χ0v) is 17.3. The Balaban J connectivity index is 1.49. The molecule has 0 bridgehead atoms. The number of aryl methyl sites for hydroxylation is 1. The van der Waals surface area contributed by atoms with E-state index in [1.807, 2.05) is 48.5 Å². The van der Waals surface area contributed by atoms with Gasteiger partial charge in [-0.15, -0.1) is 10.2 Å². The Morgan fingerprint density at radius 2 is 1.90 bits per heavy atom. The Hall–Kier alpha value is -2.72. The summed E-state index contributed by atoms with van der Waals surface area (Å²) in [6.07, 6.45) is 0.724. The molecule has 2 heterocycles. The van der Waals surface area contributed by atoms with Crippen LogP contribution in [-0.2, 0) is 17.8 Å². The predicted molar refractivity (Wildman–Crippen MR) is 110 cm³/mol. The second-order valence-electron chi connectivity index (χ2n) is 6.38. The molecule has 1 aliphatic rings. The molecule has 30 heavy (non-hydrogen) atoms. The maximum atomic E-state index is 13.0. The lowest BCUT2D eigenvalue weighted by atomic mass is 10.1. The smallest absolute Gasteiger partial charge is 0.291 e. The zero-order valence-electron chi connectivity index (χ0n) is 15.7. The molecule has 0 unspecified atom stereocenters. The second kappa shape index (κ2) is 9.40. The van der Waals surface area contributed by atoms with Gasteiger partial charge in [0.1, 0.15) is 0 Å². The minimum Gasteiger partial charge on any atom is -0.454 e. The number of fused-ring (bicyclic) bond motifs is 1. The molecule has 0 saturated carbocycles. The van der Waals surface area contributed by atoms with Crippen molar-refractivity contribution >= 4 is 34.1 Å². The zero-order chi connectivity index (χ0) is 20.9. The van der Waals surface area contributed by atoms with E-state index in [4.69, 9.17) is 9.47 Å². The molecule has 0 aliphatic carbocycles. The number of halogens is 2. The Bertz CT molecular complexity index is 1020. The van der Waals surface area contributed by atoms with E-state index < -0.39 is 5.76 Å². The number of ether oxygens (including phenoxy) is 2. The summed E-state index contributed by atoms with van der Waals surface area (Å²) in [4.78, 5) is 14.5. The van der Waals surface area contributed by atoms with Crippen LogP contribution in [0.4, 0.5) is 13.9 Å². The third-order valence-corrected chi connectivity index (χ3v) is 6.11. The number of thioether (sulfide) groups is 1. The van der Waals surface area contributed by atoms with Crippen LogP contribution in [0.3, 0.4) is 0 Å². The first-order valence-corrected chi connectivity index (χ1v) is 10.8. The number of carbonyl (C=O) groups is 1. The first-order valence-electron chi connectivity index (χ1n) is 9.09. The van der Waals surface area contributed by atoms with Crippen LogP contribution < -0.4 is 14.4 Å². The first-order chi connectivity index (χ1) is 14.6. The highest BCUT2D eigenvalue weighted by Crippen LogP contribution is 2.34. The number of carbonyl (C=O) groups excluding carboxylic acids is 1. The predicted octanol–water partition coefficient (Wildman–Crippen LogP) is 4.75. The molecular formula is C20H17F2N3O3S2. The minimum atomic E-state index is -2.59. The SMILES string of the molecule is O=C(CCc1ccc2c(c1)OCO2)N(Cc1ccccc1)c1nnc(SC(F)F)s1. The summed E-state index contributed by atoms with van der Waals surface area (Å²) in [5.74, 6) is -1.40. The van der Waals surface area contributed by atoms with E-state index in [0.29, 0.717) is 34.8 Å². The van der Waals surface area contributed by atoms with E-state index in [1.54, 1.807) is 0 Å². The van der Waals surface area contributed by atoms with Crippen LogP contribution in [0.5, 0.6) is 11.5 Å². The molecule has 0 spiro atoms. The van der Waals surface area contributed by atoms with Crippen LogP contribution in [0.2, 0.25) is 0 Å². The van der Waals surface area contributed by atoms with Gasteiger partial charge < -0.3 is 9.47 Å². The molecule has 0 N–H and O–H groups in total. The average Bonchev–Trinajstić information content (AvgIpc) is 3.39. The van der Waals surface area contributed by atoms with E-state index in [9.17, 15) is 13.6 Å². The van der Waals surface area contributed by atoms with Crippen molar-refractivity contribution in [2.75, 3.05) is 11.7 Å². The number of benzene rings is 2. The Morgan fingerprint density at radius 3 is 2.70 bits per heavy atom.